The molecule has 5 aliphatic heterocycles. The fourth-order valence-corrected chi connectivity index (χ4v) is 8.72. The average molecular weight is 1030 g/mol. The summed E-state index contributed by atoms with van der Waals surface area (Å²) < 4.78 is 65.5. The lowest BCUT2D eigenvalue weighted by Gasteiger charge is -2.51. The highest BCUT2D eigenvalue weighted by molar-refractivity contribution is 5.86. The number of nitrogens with one attached hydrogen (secondary N) is 2. The molecule has 0 bridgehead atoms. The number of rotatable bonds is 19. The molecule has 5 fully saturated rings. The Morgan fingerprint density at radius 1 is 0.577 bits per heavy atom. The van der Waals surface area contributed by atoms with Crippen LogP contribution >= 0.6 is 0 Å². The lowest BCUT2D eigenvalue weighted by atomic mass is 9.94. The predicted octanol–water partition coefficient (Wildman–Crippen LogP) is -8.37. The zero-order valence-corrected chi connectivity index (χ0v) is 39.1. The van der Waals surface area contributed by atoms with E-state index in [0.717, 1.165) is 6.92 Å². The van der Waals surface area contributed by atoms with Gasteiger partial charge in [-0.25, -0.2) is 0 Å². The number of hydrogen-bond acceptors (Lipinski definition) is 26. The van der Waals surface area contributed by atoms with Gasteiger partial charge in [-0.3, -0.25) is 9.59 Å². The van der Waals surface area contributed by atoms with Gasteiger partial charge < -0.3 is 129 Å². The minimum absolute atomic E-state index is 0.0120. The zero-order chi connectivity index (χ0) is 52.0. The molecular formula is C43H68N2O26. The first-order valence-electron chi connectivity index (χ1n) is 23.0. The number of carbonyl (C=O) groups excluding carboxylic acids is 2. The first kappa shape index (κ1) is 57.5. The topological polar surface area (TPSA) is 423 Å². The number of aliphatic hydroxyl groups is 13. The average Bonchev–Trinajstić information content (AvgIpc) is 3.35. The van der Waals surface area contributed by atoms with Crippen molar-refractivity contribution in [2.75, 3.05) is 33.5 Å². The number of methoxy groups -OCH3 is 1. The van der Waals surface area contributed by atoms with E-state index in [1.165, 1.54) is 21.0 Å². The fraction of sp³-hybridized carbons (Fsp3) is 0.814. The molecule has 6 rings (SSSR count). The molecule has 0 spiro atoms. The van der Waals surface area contributed by atoms with E-state index in [1.54, 1.807) is 30.3 Å². The largest absolute Gasteiger partial charge is 0.394 e. The molecule has 0 radical (unpaired) electrons. The summed E-state index contributed by atoms with van der Waals surface area (Å²) >= 11 is 0. The Balaban J connectivity index is 1.40. The van der Waals surface area contributed by atoms with Gasteiger partial charge in [0.1, 0.15) is 122 Å². The Bertz CT molecular complexity index is 1810. The van der Waals surface area contributed by atoms with E-state index in [1.807, 2.05) is 0 Å². The second kappa shape index (κ2) is 25.6. The summed E-state index contributed by atoms with van der Waals surface area (Å²) in [5.41, 5.74) is 0.715. The third-order valence-corrected chi connectivity index (χ3v) is 12.8. The molecule has 5 heterocycles. The van der Waals surface area contributed by atoms with E-state index in [-0.39, 0.29) is 6.61 Å². The normalized spacial score (nSPS) is 44.7. The molecular weight excluding hydrogens is 960 g/mol. The number of amides is 2. The van der Waals surface area contributed by atoms with Crippen molar-refractivity contribution in [1.29, 1.82) is 0 Å². The van der Waals surface area contributed by atoms with E-state index in [0.29, 0.717) is 5.56 Å². The molecule has 5 aliphatic rings. The van der Waals surface area contributed by atoms with Gasteiger partial charge in [-0.1, -0.05) is 30.3 Å². The van der Waals surface area contributed by atoms with Crippen LogP contribution in [0.25, 0.3) is 0 Å². The summed E-state index contributed by atoms with van der Waals surface area (Å²) in [5, 5.41) is 145. The van der Waals surface area contributed by atoms with Crippen molar-refractivity contribution in [3.63, 3.8) is 0 Å². The summed E-state index contributed by atoms with van der Waals surface area (Å²) in [6, 6.07) is 6.03. The van der Waals surface area contributed by atoms with Crippen LogP contribution in [0.5, 0.6) is 0 Å². The molecule has 0 aliphatic carbocycles. The molecule has 0 unspecified atom stereocenters. The van der Waals surface area contributed by atoms with Crippen LogP contribution < -0.4 is 10.6 Å². The molecule has 28 heteroatoms. The van der Waals surface area contributed by atoms with Gasteiger partial charge in [-0.15, -0.1) is 0 Å². The summed E-state index contributed by atoms with van der Waals surface area (Å²) in [7, 11) is 1.19. The summed E-state index contributed by atoms with van der Waals surface area (Å²) in [4.78, 5) is 25.9. The number of carbonyl (C=O) groups is 2. The Morgan fingerprint density at radius 2 is 1.08 bits per heavy atom. The van der Waals surface area contributed by atoms with E-state index in [4.69, 9.17) is 52.1 Å². The van der Waals surface area contributed by atoms with Crippen LogP contribution in [0.2, 0.25) is 0 Å². The summed E-state index contributed by atoms with van der Waals surface area (Å²) in [6.45, 7) is 0.918. The van der Waals surface area contributed by atoms with Gasteiger partial charge in [0.15, 0.2) is 31.5 Å². The quantitative estimate of drug-likeness (QED) is 0.0612. The predicted molar refractivity (Wildman–Crippen MR) is 228 cm³/mol. The van der Waals surface area contributed by atoms with Crippen LogP contribution in [0.3, 0.4) is 0 Å². The maximum Gasteiger partial charge on any atom is 0.242 e. The van der Waals surface area contributed by atoms with Gasteiger partial charge in [0.2, 0.25) is 11.8 Å². The maximum atomic E-state index is 13.8. The Hall–Kier alpha value is -2.80. The maximum absolute atomic E-state index is 13.8. The SMILES string of the molecule is CO[C@H]1O[C@H](COCc2ccccc2)[C@H](O[C@H]2O[C@H](CO)[C@@H](O)[C@H](O)[C@H]2O)[C@H](O[C@@H]2O[C@H](CO[C@H]3O[C@H](CO)[C@@H](O)[C@H](O)[C@H]3O)[C@@H](O)[C@H](O[C@@H]3O[C@@H](C)[C@H](O)[C@@H](O)[C@H]3O)[C@H]2O)[C@H]1NC(=O)[C@H](C)NC(C)=O. The van der Waals surface area contributed by atoms with Crippen molar-refractivity contribution < 1.29 is 128 Å². The molecule has 1 aromatic rings. The Morgan fingerprint density at radius 3 is 1.68 bits per heavy atom. The minimum atomic E-state index is -2.18. The first-order valence-corrected chi connectivity index (χ1v) is 23.0. The first-order chi connectivity index (χ1) is 33.7. The number of ether oxygens (including phenoxy) is 11. The molecule has 2 amide bonds. The van der Waals surface area contributed by atoms with Crippen LogP contribution in [-0.2, 0) is 68.3 Å². The highest BCUT2D eigenvalue weighted by Gasteiger charge is 2.57. The van der Waals surface area contributed by atoms with E-state index in [9.17, 15) is 76.0 Å². The summed E-state index contributed by atoms with van der Waals surface area (Å²) in [5.74, 6) is -1.45. The van der Waals surface area contributed by atoms with Crippen LogP contribution in [0, 0.1) is 0 Å². The standard InChI is InChI=1S/C43H68N2O26/c1-15(44-17(3)48)38(60)45-23-36(35(69-42-33(58)30(55)26(51)20(11-47)66-42)22(68-39(23)61-4)13-62-12-18-8-6-5-7-9-18)70-43-34(59)37(71-41-32(57)28(53)24(49)16(2)64-41)27(52)21(67-43)14-63-40-31(56)29(54)25(50)19(10-46)65-40/h5-9,15-16,19-37,39-43,46-47,49-59H,10-14H2,1-4H3,(H,44,48)(H,45,60)/t15-,16-,19+,20+,21+,22+,23+,24-,25+,26+,27+,28+,29-,30-,31+,32+,33+,34+,35-,36+,37-,39-,40-,41-,42+,43-/m0/s1. The lowest BCUT2D eigenvalue weighted by molar-refractivity contribution is -0.388. The van der Waals surface area contributed by atoms with Crippen molar-refractivity contribution in [3.05, 3.63) is 35.9 Å². The van der Waals surface area contributed by atoms with Gasteiger partial charge in [0.25, 0.3) is 0 Å². The van der Waals surface area contributed by atoms with Crippen LogP contribution in [0.15, 0.2) is 30.3 Å². The van der Waals surface area contributed by atoms with Crippen molar-refractivity contribution >= 4 is 11.8 Å². The molecule has 406 valence electrons. The van der Waals surface area contributed by atoms with E-state index < -0.39 is 198 Å². The molecule has 1 aromatic carbocycles. The molecule has 15 N–H and O–H groups in total. The highest BCUT2D eigenvalue weighted by Crippen LogP contribution is 2.36. The van der Waals surface area contributed by atoms with Gasteiger partial charge in [0.05, 0.1) is 39.1 Å². The second-order valence-electron chi connectivity index (χ2n) is 18.0. The fourth-order valence-electron chi connectivity index (χ4n) is 8.72. The Kier molecular flexibility index (Phi) is 20.7. The zero-order valence-electron chi connectivity index (χ0n) is 39.1. The number of benzene rings is 1. The lowest BCUT2D eigenvalue weighted by Crippen LogP contribution is -2.71. The van der Waals surface area contributed by atoms with E-state index in [2.05, 4.69) is 10.6 Å². The van der Waals surface area contributed by atoms with Crippen LogP contribution in [0.4, 0.5) is 0 Å². The third kappa shape index (κ3) is 13.4. The van der Waals surface area contributed by atoms with Gasteiger partial charge in [-0.2, -0.15) is 0 Å². The van der Waals surface area contributed by atoms with Crippen LogP contribution in [-0.4, -0.2) is 271 Å². The van der Waals surface area contributed by atoms with Crippen LogP contribution in [0.1, 0.15) is 26.3 Å². The van der Waals surface area contributed by atoms with Crippen molar-refractivity contribution in [2.24, 2.45) is 0 Å². The molecule has 0 saturated carbocycles. The molecule has 0 aromatic heterocycles. The Labute approximate surface area is 406 Å². The van der Waals surface area contributed by atoms with Gasteiger partial charge in [0, 0.05) is 14.0 Å². The van der Waals surface area contributed by atoms with Crippen molar-refractivity contribution in [2.45, 2.75) is 187 Å². The van der Waals surface area contributed by atoms with Gasteiger partial charge >= 0.3 is 0 Å². The third-order valence-electron chi connectivity index (χ3n) is 12.8. The van der Waals surface area contributed by atoms with Crippen molar-refractivity contribution in [3.8, 4) is 0 Å². The highest BCUT2D eigenvalue weighted by atomic mass is 16.8. The molecule has 5 saturated heterocycles. The molecule has 26 atom stereocenters. The van der Waals surface area contributed by atoms with E-state index >= 15 is 0 Å². The molecule has 71 heavy (non-hydrogen) atoms. The smallest absolute Gasteiger partial charge is 0.242 e. The minimum Gasteiger partial charge on any atom is -0.394 e. The number of aliphatic hydroxyl groups excluding tert-OH is 13. The monoisotopic (exact) mass is 1030 g/mol. The number of hydrogen-bond donors (Lipinski definition) is 15. The summed E-state index contributed by atoms with van der Waals surface area (Å²) in [6.07, 6.45) is -42.9. The van der Waals surface area contributed by atoms with Gasteiger partial charge in [-0.05, 0) is 19.4 Å². The second-order valence-corrected chi connectivity index (χ2v) is 18.0. The van der Waals surface area contributed by atoms with Crippen molar-refractivity contribution in [1.82, 2.24) is 10.6 Å². The molecule has 28 nitrogen and oxygen atoms in total.